The highest BCUT2D eigenvalue weighted by atomic mass is 19.1. The molecule has 1 aromatic carbocycles. The van der Waals surface area contributed by atoms with Gasteiger partial charge in [-0.1, -0.05) is 56.0 Å². The fourth-order valence-electron chi connectivity index (χ4n) is 5.37. The van der Waals surface area contributed by atoms with Crippen LogP contribution in [0.4, 0.5) is 4.39 Å². The monoisotopic (exact) mass is 393 g/mol. The Morgan fingerprint density at radius 1 is 0.828 bits per heavy atom. The molecule has 0 saturated heterocycles. The van der Waals surface area contributed by atoms with E-state index in [0.29, 0.717) is 11.8 Å². The highest BCUT2D eigenvalue weighted by Crippen LogP contribution is 2.38. The third-order valence-corrected chi connectivity index (χ3v) is 7.22. The van der Waals surface area contributed by atoms with Gasteiger partial charge < -0.3 is 0 Å². The molecule has 1 aromatic rings. The average molecular weight is 394 g/mol. The Bertz CT molecular complexity index is 680. The van der Waals surface area contributed by atoms with Crippen molar-refractivity contribution in [3.05, 3.63) is 60.0 Å². The normalized spacial score (nSPS) is 28.0. The molecule has 2 fully saturated rings. The summed E-state index contributed by atoms with van der Waals surface area (Å²) in [5, 5.41) is 8.51. The molecular formula is C27H36FN. The Hall–Kier alpha value is -1.88. The van der Waals surface area contributed by atoms with E-state index in [4.69, 9.17) is 5.26 Å². The molecule has 0 unspecified atom stereocenters. The summed E-state index contributed by atoms with van der Waals surface area (Å²) in [5.41, 5.74) is 1.33. The molecule has 0 aliphatic heterocycles. The standard InChI is InChI=1S/C27H36FN/c28-27-19-17-26(18-20-27)25-15-13-24(14-16-25)8-4-3-7-23-11-9-22(10-12-23)6-2-1-5-21-29/h1-2,5-6,17-20,22-25H,3-4,7-16H2/t22-,23-,24-,25-. The lowest BCUT2D eigenvalue weighted by molar-refractivity contribution is 0.273. The van der Waals surface area contributed by atoms with Crippen molar-refractivity contribution in [2.24, 2.45) is 17.8 Å². The summed E-state index contributed by atoms with van der Waals surface area (Å²) in [7, 11) is 0. The summed E-state index contributed by atoms with van der Waals surface area (Å²) < 4.78 is 13.1. The predicted octanol–water partition coefficient (Wildman–Crippen LogP) is 8.10. The minimum atomic E-state index is -0.125. The van der Waals surface area contributed by atoms with E-state index in [1.165, 1.54) is 88.7 Å². The van der Waals surface area contributed by atoms with Gasteiger partial charge in [0.15, 0.2) is 0 Å². The molecule has 3 rings (SSSR count). The van der Waals surface area contributed by atoms with Gasteiger partial charge in [-0.3, -0.25) is 0 Å². The van der Waals surface area contributed by atoms with Crippen LogP contribution in [-0.4, -0.2) is 0 Å². The van der Waals surface area contributed by atoms with Crippen LogP contribution in [0.15, 0.2) is 48.6 Å². The SMILES string of the molecule is N#CC=CC=C[C@H]1CC[C@H](CCCC[C@H]2CC[C@H](c3ccc(F)cc3)CC2)CC1. The molecule has 0 amide bonds. The van der Waals surface area contributed by atoms with Gasteiger partial charge in [-0.15, -0.1) is 0 Å². The summed E-state index contributed by atoms with van der Waals surface area (Å²) in [6, 6.07) is 9.21. The molecule has 2 saturated carbocycles. The molecule has 2 aliphatic rings. The van der Waals surface area contributed by atoms with Gasteiger partial charge in [0.25, 0.3) is 0 Å². The molecule has 0 spiro atoms. The Morgan fingerprint density at radius 3 is 2.00 bits per heavy atom. The van der Waals surface area contributed by atoms with E-state index in [2.05, 4.69) is 6.08 Å². The van der Waals surface area contributed by atoms with Crippen LogP contribution in [0.25, 0.3) is 0 Å². The summed E-state index contributed by atoms with van der Waals surface area (Å²) in [6.45, 7) is 0. The van der Waals surface area contributed by atoms with E-state index in [9.17, 15) is 4.39 Å². The van der Waals surface area contributed by atoms with Crippen LogP contribution in [0.1, 0.15) is 88.5 Å². The van der Waals surface area contributed by atoms with Crippen molar-refractivity contribution >= 4 is 0 Å². The molecule has 0 N–H and O–H groups in total. The van der Waals surface area contributed by atoms with Gasteiger partial charge in [-0.2, -0.15) is 5.26 Å². The zero-order valence-electron chi connectivity index (χ0n) is 17.7. The summed E-state index contributed by atoms with van der Waals surface area (Å²) >= 11 is 0. The molecule has 0 bridgehead atoms. The van der Waals surface area contributed by atoms with Gasteiger partial charge >= 0.3 is 0 Å². The number of allylic oxidation sites excluding steroid dienone is 4. The van der Waals surface area contributed by atoms with Gasteiger partial charge in [0.05, 0.1) is 6.07 Å². The zero-order valence-corrected chi connectivity index (χ0v) is 17.7. The second-order valence-electron chi connectivity index (χ2n) is 9.21. The van der Waals surface area contributed by atoms with Crippen LogP contribution < -0.4 is 0 Å². The molecule has 29 heavy (non-hydrogen) atoms. The van der Waals surface area contributed by atoms with Gasteiger partial charge in [-0.05, 0) is 92.7 Å². The third-order valence-electron chi connectivity index (χ3n) is 7.22. The summed E-state index contributed by atoms with van der Waals surface area (Å²) in [6.07, 6.45) is 23.9. The van der Waals surface area contributed by atoms with Crippen LogP contribution in [0.3, 0.4) is 0 Å². The molecule has 0 atom stereocenters. The molecule has 0 heterocycles. The first-order valence-corrected chi connectivity index (χ1v) is 11.7. The Balaban J connectivity index is 1.25. The number of halogens is 1. The molecule has 156 valence electrons. The summed E-state index contributed by atoms with van der Waals surface area (Å²) in [4.78, 5) is 0. The largest absolute Gasteiger partial charge is 0.207 e. The first kappa shape index (κ1) is 21.8. The topological polar surface area (TPSA) is 23.8 Å². The van der Waals surface area contributed by atoms with Crippen molar-refractivity contribution in [1.29, 1.82) is 5.26 Å². The maximum absolute atomic E-state index is 13.1. The minimum Gasteiger partial charge on any atom is -0.207 e. The van der Waals surface area contributed by atoms with Crippen molar-refractivity contribution in [1.82, 2.24) is 0 Å². The lowest BCUT2D eigenvalue weighted by Gasteiger charge is -2.29. The number of hydrogen-bond donors (Lipinski definition) is 0. The van der Waals surface area contributed by atoms with Gasteiger partial charge in [0.1, 0.15) is 5.82 Å². The number of hydrogen-bond acceptors (Lipinski definition) is 1. The minimum absolute atomic E-state index is 0.125. The van der Waals surface area contributed by atoms with Crippen LogP contribution in [-0.2, 0) is 0 Å². The number of rotatable bonds is 8. The van der Waals surface area contributed by atoms with E-state index in [1.807, 2.05) is 30.4 Å². The molecule has 1 nitrogen and oxygen atoms in total. The highest BCUT2D eigenvalue weighted by Gasteiger charge is 2.23. The van der Waals surface area contributed by atoms with Gasteiger partial charge in [0, 0.05) is 6.08 Å². The van der Waals surface area contributed by atoms with Crippen LogP contribution in [0.5, 0.6) is 0 Å². The number of nitrogens with zero attached hydrogens (tertiary/aromatic N) is 1. The molecular weight excluding hydrogens is 357 g/mol. The van der Waals surface area contributed by atoms with E-state index < -0.39 is 0 Å². The zero-order chi connectivity index (χ0) is 20.3. The Morgan fingerprint density at radius 2 is 1.41 bits per heavy atom. The van der Waals surface area contributed by atoms with Crippen LogP contribution in [0, 0.1) is 34.9 Å². The summed E-state index contributed by atoms with van der Waals surface area (Å²) in [5.74, 6) is 3.08. The van der Waals surface area contributed by atoms with Gasteiger partial charge in [0.2, 0.25) is 0 Å². The maximum atomic E-state index is 13.1. The second kappa shape index (κ2) is 12.0. The van der Waals surface area contributed by atoms with Gasteiger partial charge in [-0.25, -0.2) is 4.39 Å². The Labute approximate surface area is 176 Å². The second-order valence-corrected chi connectivity index (χ2v) is 9.21. The predicted molar refractivity (Wildman–Crippen MR) is 119 cm³/mol. The van der Waals surface area contributed by atoms with Crippen molar-refractivity contribution in [2.75, 3.05) is 0 Å². The number of nitriles is 1. The Kier molecular flexibility index (Phi) is 9.00. The lowest BCUT2D eigenvalue weighted by Crippen LogP contribution is -2.14. The van der Waals surface area contributed by atoms with Crippen molar-refractivity contribution in [3.63, 3.8) is 0 Å². The fraction of sp³-hybridized carbons (Fsp3) is 0.593. The lowest BCUT2D eigenvalue weighted by atomic mass is 9.76. The van der Waals surface area contributed by atoms with Crippen molar-refractivity contribution in [3.8, 4) is 6.07 Å². The molecule has 2 aliphatic carbocycles. The number of benzene rings is 1. The molecule has 2 heteroatoms. The molecule has 0 radical (unpaired) electrons. The van der Waals surface area contributed by atoms with E-state index in [0.717, 1.165) is 11.8 Å². The number of unbranched alkanes of at least 4 members (excludes halogenated alkanes) is 1. The quantitative estimate of drug-likeness (QED) is 0.249. The first-order valence-electron chi connectivity index (χ1n) is 11.7. The highest BCUT2D eigenvalue weighted by molar-refractivity contribution is 5.20. The van der Waals surface area contributed by atoms with E-state index in [1.54, 1.807) is 12.1 Å². The van der Waals surface area contributed by atoms with Crippen LogP contribution >= 0.6 is 0 Å². The first-order chi connectivity index (χ1) is 14.2. The van der Waals surface area contributed by atoms with E-state index >= 15 is 0 Å². The van der Waals surface area contributed by atoms with Crippen LogP contribution in [0.2, 0.25) is 0 Å². The van der Waals surface area contributed by atoms with Crippen molar-refractivity contribution in [2.45, 2.75) is 83.0 Å². The fourth-order valence-corrected chi connectivity index (χ4v) is 5.37. The smallest absolute Gasteiger partial charge is 0.123 e. The molecule has 0 aromatic heterocycles. The average Bonchev–Trinajstić information content (AvgIpc) is 2.76. The maximum Gasteiger partial charge on any atom is 0.123 e. The van der Waals surface area contributed by atoms with Crippen molar-refractivity contribution < 1.29 is 4.39 Å². The van der Waals surface area contributed by atoms with E-state index in [-0.39, 0.29) is 5.82 Å². The third kappa shape index (κ3) is 7.46.